The molecule has 0 aromatic heterocycles. The number of sulfone groups is 1. The molecule has 1 aliphatic carbocycles. The summed E-state index contributed by atoms with van der Waals surface area (Å²) in [7, 11) is -3.68. The van der Waals surface area contributed by atoms with Crippen molar-refractivity contribution in [3.63, 3.8) is 0 Å². The number of halogens is 2. The Labute approximate surface area is 173 Å². The first-order chi connectivity index (χ1) is 11.9. The van der Waals surface area contributed by atoms with Gasteiger partial charge in [-0.25, -0.2) is 12.8 Å². The number of nitrogens with one attached hydrogen (secondary N) is 2. The summed E-state index contributed by atoms with van der Waals surface area (Å²) in [4.78, 5) is 4.11. The van der Waals surface area contributed by atoms with Crippen LogP contribution in [0.25, 0.3) is 0 Å². The molecule has 2 unspecified atom stereocenters. The first-order valence-electron chi connectivity index (χ1n) is 8.94. The summed E-state index contributed by atoms with van der Waals surface area (Å²) in [6, 6.07) is 5.82. The molecule has 1 aromatic rings. The lowest BCUT2D eigenvalue weighted by molar-refractivity contribution is 0.324. The van der Waals surface area contributed by atoms with Crippen LogP contribution in [0.4, 0.5) is 4.39 Å². The Morgan fingerprint density at radius 2 is 2.04 bits per heavy atom. The molecule has 0 aliphatic heterocycles. The van der Waals surface area contributed by atoms with Gasteiger partial charge in [-0.3, -0.25) is 4.99 Å². The van der Waals surface area contributed by atoms with E-state index in [0.717, 1.165) is 18.9 Å². The predicted molar refractivity (Wildman–Crippen MR) is 114 cm³/mol. The Kier molecular flexibility index (Phi) is 9.84. The summed E-state index contributed by atoms with van der Waals surface area (Å²) in [6.45, 7) is 5.01. The van der Waals surface area contributed by atoms with Crippen LogP contribution in [0.3, 0.4) is 0 Å². The van der Waals surface area contributed by atoms with E-state index in [9.17, 15) is 12.8 Å². The number of nitrogens with zero attached hydrogens (tertiary/aromatic N) is 1. The SMILES string of the molecule is CCNC(=NCCS(=O)(=O)c1ccccc1F)NC1CCCC(C)C1.I. The van der Waals surface area contributed by atoms with Gasteiger partial charge < -0.3 is 10.6 Å². The predicted octanol–water partition coefficient (Wildman–Crippen LogP) is 3.35. The molecule has 26 heavy (non-hydrogen) atoms. The minimum absolute atomic E-state index is 0. The van der Waals surface area contributed by atoms with E-state index < -0.39 is 15.7 Å². The third-order valence-electron chi connectivity index (χ3n) is 4.42. The molecule has 1 aliphatic rings. The zero-order chi connectivity index (χ0) is 18.3. The molecule has 0 spiro atoms. The van der Waals surface area contributed by atoms with Gasteiger partial charge >= 0.3 is 0 Å². The molecule has 8 heteroatoms. The highest BCUT2D eigenvalue weighted by atomic mass is 127. The molecule has 2 rings (SSSR count). The molecular weight excluding hydrogens is 468 g/mol. The minimum Gasteiger partial charge on any atom is -0.357 e. The van der Waals surface area contributed by atoms with Crippen molar-refractivity contribution in [1.82, 2.24) is 10.6 Å². The van der Waals surface area contributed by atoms with Gasteiger partial charge in [0.25, 0.3) is 0 Å². The second kappa shape index (κ2) is 11.1. The smallest absolute Gasteiger partial charge is 0.191 e. The van der Waals surface area contributed by atoms with Crippen LogP contribution in [0, 0.1) is 11.7 Å². The molecule has 0 heterocycles. The van der Waals surface area contributed by atoms with E-state index in [1.54, 1.807) is 0 Å². The quantitative estimate of drug-likeness (QED) is 0.360. The van der Waals surface area contributed by atoms with E-state index in [2.05, 4.69) is 22.5 Å². The van der Waals surface area contributed by atoms with Crippen molar-refractivity contribution >= 4 is 39.8 Å². The average molecular weight is 497 g/mol. The number of aliphatic imine (C=N–C) groups is 1. The average Bonchev–Trinajstić information content (AvgIpc) is 2.55. The Morgan fingerprint density at radius 1 is 1.31 bits per heavy atom. The molecule has 0 radical (unpaired) electrons. The van der Waals surface area contributed by atoms with Crippen molar-refractivity contribution in [2.24, 2.45) is 10.9 Å². The maximum absolute atomic E-state index is 13.7. The van der Waals surface area contributed by atoms with Crippen molar-refractivity contribution in [1.29, 1.82) is 0 Å². The fraction of sp³-hybridized carbons (Fsp3) is 0.611. The number of hydrogen-bond acceptors (Lipinski definition) is 3. The minimum atomic E-state index is -3.68. The summed E-state index contributed by atoms with van der Waals surface area (Å²) >= 11 is 0. The molecule has 0 bridgehead atoms. The number of hydrogen-bond donors (Lipinski definition) is 2. The third-order valence-corrected chi connectivity index (χ3v) is 6.14. The first kappa shape index (κ1) is 23.1. The maximum Gasteiger partial charge on any atom is 0.191 e. The van der Waals surface area contributed by atoms with Crippen molar-refractivity contribution in [2.75, 3.05) is 18.8 Å². The van der Waals surface area contributed by atoms with E-state index >= 15 is 0 Å². The van der Waals surface area contributed by atoms with Crippen LogP contribution in [-0.4, -0.2) is 39.3 Å². The van der Waals surface area contributed by atoms with E-state index in [0.29, 0.717) is 24.5 Å². The highest BCUT2D eigenvalue weighted by molar-refractivity contribution is 14.0. The summed E-state index contributed by atoms with van der Waals surface area (Å²) in [6.07, 6.45) is 4.65. The monoisotopic (exact) mass is 497 g/mol. The second-order valence-electron chi connectivity index (χ2n) is 6.62. The van der Waals surface area contributed by atoms with Crippen LogP contribution in [0.2, 0.25) is 0 Å². The van der Waals surface area contributed by atoms with E-state index in [-0.39, 0.29) is 41.2 Å². The van der Waals surface area contributed by atoms with Gasteiger partial charge in [0.05, 0.1) is 12.3 Å². The first-order valence-corrected chi connectivity index (χ1v) is 10.6. The van der Waals surface area contributed by atoms with Crippen molar-refractivity contribution in [3.05, 3.63) is 30.1 Å². The third kappa shape index (κ3) is 7.02. The van der Waals surface area contributed by atoms with Gasteiger partial charge in [0.1, 0.15) is 10.7 Å². The second-order valence-corrected chi connectivity index (χ2v) is 8.70. The van der Waals surface area contributed by atoms with Crippen LogP contribution in [-0.2, 0) is 9.84 Å². The fourth-order valence-electron chi connectivity index (χ4n) is 3.16. The van der Waals surface area contributed by atoms with Crippen molar-refractivity contribution in [2.45, 2.75) is 50.5 Å². The van der Waals surface area contributed by atoms with Crippen LogP contribution in [0.15, 0.2) is 34.2 Å². The van der Waals surface area contributed by atoms with Crippen molar-refractivity contribution in [3.8, 4) is 0 Å². The van der Waals surface area contributed by atoms with Gasteiger partial charge in [0, 0.05) is 12.6 Å². The van der Waals surface area contributed by atoms with Crippen LogP contribution in [0.5, 0.6) is 0 Å². The summed E-state index contributed by atoms with van der Waals surface area (Å²) in [5.74, 6) is 0.388. The lowest BCUT2D eigenvalue weighted by Crippen LogP contribution is -2.45. The van der Waals surface area contributed by atoms with Crippen LogP contribution < -0.4 is 10.6 Å². The summed E-state index contributed by atoms with van der Waals surface area (Å²) < 4.78 is 38.2. The summed E-state index contributed by atoms with van der Waals surface area (Å²) in [5, 5.41) is 6.55. The van der Waals surface area contributed by atoms with Gasteiger partial charge in [0.2, 0.25) is 0 Å². The lowest BCUT2D eigenvalue weighted by Gasteiger charge is -2.28. The van der Waals surface area contributed by atoms with Gasteiger partial charge in [-0.2, -0.15) is 0 Å². The number of guanidine groups is 1. The standard InChI is InChI=1S/C18H28FN3O2S.HI/c1-3-20-18(22-15-8-6-7-14(2)13-15)21-11-12-25(23,24)17-10-5-4-9-16(17)19;/h4-5,9-10,14-15H,3,6-8,11-13H2,1-2H3,(H2,20,21,22);1H. The molecule has 148 valence electrons. The van der Waals surface area contributed by atoms with E-state index in [1.807, 2.05) is 6.92 Å². The molecule has 2 N–H and O–H groups in total. The number of rotatable bonds is 6. The largest absolute Gasteiger partial charge is 0.357 e. The van der Waals surface area contributed by atoms with Gasteiger partial charge in [-0.1, -0.05) is 31.9 Å². The van der Waals surface area contributed by atoms with Crippen LogP contribution in [0.1, 0.15) is 39.5 Å². The maximum atomic E-state index is 13.7. The molecule has 1 saturated carbocycles. The molecule has 1 fully saturated rings. The van der Waals surface area contributed by atoms with Gasteiger partial charge in [-0.15, -0.1) is 24.0 Å². The zero-order valence-corrected chi connectivity index (χ0v) is 18.5. The fourth-order valence-corrected chi connectivity index (χ4v) is 4.37. The zero-order valence-electron chi connectivity index (χ0n) is 15.4. The van der Waals surface area contributed by atoms with E-state index in [4.69, 9.17) is 0 Å². The Morgan fingerprint density at radius 3 is 2.69 bits per heavy atom. The molecule has 2 atom stereocenters. The molecule has 0 amide bonds. The Bertz CT molecular complexity index is 697. The van der Waals surface area contributed by atoms with Crippen molar-refractivity contribution < 1.29 is 12.8 Å². The topological polar surface area (TPSA) is 70.6 Å². The normalized spacial score (nSPS) is 21.0. The van der Waals surface area contributed by atoms with Gasteiger partial charge in [0.15, 0.2) is 15.8 Å². The van der Waals surface area contributed by atoms with Crippen LogP contribution >= 0.6 is 24.0 Å². The van der Waals surface area contributed by atoms with E-state index in [1.165, 1.54) is 31.0 Å². The highest BCUT2D eigenvalue weighted by Gasteiger charge is 2.20. The molecule has 0 saturated heterocycles. The highest BCUT2D eigenvalue weighted by Crippen LogP contribution is 2.23. The Hall–Kier alpha value is -0.900. The van der Waals surface area contributed by atoms with Gasteiger partial charge in [-0.05, 0) is 37.8 Å². The lowest BCUT2D eigenvalue weighted by atomic mass is 9.87. The summed E-state index contributed by atoms with van der Waals surface area (Å²) in [5.41, 5.74) is 0. The molecule has 1 aromatic carbocycles. The number of benzene rings is 1. The Balaban J connectivity index is 0.00000338. The molecular formula is C18H29FIN3O2S. The molecule has 5 nitrogen and oxygen atoms in total.